The van der Waals surface area contributed by atoms with E-state index in [1.54, 1.807) is 6.07 Å². The number of methoxy groups -OCH3 is 2. The number of ether oxygens (including phenoxy) is 2. The minimum Gasteiger partial charge on any atom is -0.493 e. The molecule has 4 rings (SSSR count). The number of amides is 1. The fourth-order valence-electron chi connectivity index (χ4n) is 3.10. The Hall–Kier alpha value is -3.86. The molecule has 33 heavy (non-hydrogen) atoms. The Kier molecular flexibility index (Phi) is 5.81. The predicted octanol–water partition coefficient (Wildman–Crippen LogP) is 4.73. The van der Waals surface area contributed by atoms with E-state index in [2.05, 4.69) is 20.4 Å². The second-order valence-electron chi connectivity index (χ2n) is 6.70. The second kappa shape index (κ2) is 8.58. The van der Waals surface area contributed by atoms with Crippen molar-refractivity contribution in [3.8, 4) is 22.8 Å². The fraction of sp³-hybridized carbons (Fsp3) is 0.143. The van der Waals surface area contributed by atoms with Crippen LogP contribution < -0.4 is 14.8 Å². The third-order valence-corrected chi connectivity index (χ3v) is 4.88. The summed E-state index contributed by atoms with van der Waals surface area (Å²) in [5.41, 5.74) is -1.25. The largest absolute Gasteiger partial charge is 0.493 e. The Morgan fingerprint density at radius 2 is 1.82 bits per heavy atom. The van der Waals surface area contributed by atoms with Gasteiger partial charge in [0, 0.05) is 11.8 Å². The van der Waals surface area contributed by atoms with Crippen molar-refractivity contribution in [2.45, 2.75) is 6.18 Å². The Labute approximate surface area is 189 Å². The maximum Gasteiger partial charge on any atom is 0.433 e. The van der Waals surface area contributed by atoms with Gasteiger partial charge in [0.15, 0.2) is 22.8 Å². The van der Waals surface area contributed by atoms with Crippen LogP contribution in [-0.2, 0) is 6.18 Å². The van der Waals surface area contributed by atoms with Crippen LogP contribution >= 0.6 is 11.6 Å². The molecule has 170 valence electrons. The highest BCUT2D eigenvalue weighted by molar-refractivity contribution is 6.30. The molecule has 1 N–H and O–H groups in total. The van der Waals surface area contributed by atoms with E-state index in [9.17, 15) is 18.0 Å². The highest BCUT2D eigenvalue weighted by atomic mass is 35.5. The van der Waals surface area contributed by atoms with Crippen LogP contribution in [0.25, 0.3) is 16.9 Å². The van der Waals surface area contributed by atoms with E-state index < -0.39 is 17.8 Å². The van der Waals surface area contributed by atoms with Crippen molar-refractivity contribution >= 4 is 29.0 Å². The number of nitrogens with zero attached hydrogens (tertiary/aromatic N) is 4. The first-order valence-electron chi connectivity index (χ1n) is 9.32. The summed E-state index contributed by atoms with van der Waals surface area (Å²) in [5, 5.41) is 6.60. The average molecular weight is 478 g/mol. The molecule has 0 aliphatic carbocycles. The minimum absolute atomic E-state index is 0.0325. The molecule has 0 saturated carbocycles. The molecule has 0 saturated heterocycles. The van der Waals surface area contributed by atoms with Crippen molar-refractivity contribution in [3.05, 3.63) is 65.1 Å². The number of hydrogen-bond donors (Lipinski definition) is 1. The van der Waals surface area contributed by atoms with Crippen molar-refractivity contribution in [2.75, 3.05) is 19.5 Å². The summed E-state index contributed by atoms with van der Waals surface area (Å²) < 4.78 is 52.4. The molecule has 8 nitrogen and oxygen atoms in total. The standard InChI is InChI=1S/C21H15ClF3N5O3/c1-32-15-5-3-11(7-16(15)33-2)14-8-17(21(23,24)25)30-19(28-14)13(10-27-30)20(31)29-18-6-4-12(22)9-26-18/h3-10H,1-2H3,(H,26,29,31). The molecular formula is C21H15ClF3N5O3. The molecule has 0 aliphatic rings. The number of alkyl halides is 3. The van der Waals surface area contributed by atoms with Gasteiger partial charge >= 0.3 is 6.18 Å². The lowest BCUT2D eigenvalue weighted by molar-refractivity contribution is -0.142. The van der Waals surface area contributed by atoms with Gasteiger partial charge in [0.25, 0.3) is 5.91 Å². The van der Waals surface area contributed by atoms with Gasteiger partial charge in [-0.2, -0.15) is 18.3 Å². The van der Waals surface area contributed by atoms with Gasteiger partial charge in [-0.05, 0) is 36.4 Å². The monoisotopic (exact) mass is 477 g/mol. The van der Waals surface area contributed by atoms with Gasteiger partial charge in [-0.25, -0.2) is 14.5 Å². The predicted molar refractivity (Wildman–Crippen MR) is 114 cm³/mol. The maximum atomic E-state index is 13.8. The van der Waals surface area contributed by atoms with Crippen molar-refractivity contribution in [3.63, 3.8) is 0 Å². The van der Waals surface area contributed by atoms with Crippen molar-refractivity contribution < 1.29 is 27.4 Å². The topological polar surface area (TPSA) is 90.6 Å². The molecule has 0 atom stereocenters. The zero-order valence-electron chi connectivity index (χ0n) is 17.1. The van der Waals surface area contributed by atoms with E-state index in [0.29, 0.717) is 26.6 Å². The van der Waals surface area contributed by atoms with Gasteiger partial charge in [0.05, 0.1) is 31.1 Å². The molecular weight excluding hydrogens is 463 g/mol. The first-order chi connectivity index (χ1) is 15.7. The lowest BCUT2D eigenvalue weighted by Gasteiger charge is -2.13. The van der Waals surface area contributed by atoms with Gasteiger partial charge in [0.2, 0.25) is 0 Å². The number of fused-ring (bicyclic) bond motifs is 1. The first kappa shape index (κ1) is 22.3. The Bertz CT molecular complexity index is 1340. The lowest BCUT2D eigenvalue weighted by atomic mass is 10.1. The van der Waals surface area contributed by atoms with Crippen LogP contribution in [0.4, 0.5) is 19.0 Å². The van der Waals surface area contributed by atoms with E-state index in [4.69, 9.17) is 21.1 Å². The van der Waals surface area contributed by atoms with Crippen molar-refractivity contribution in [2.24, 2.45) is 0 Å². The molecule has 1 aromatic carbocycles. The Morgan fingerprint density at radius 1 is 1.06 bits per heavy atom. The third-order valence-electron chi connectivity index (χ3n) is 4.66. The number of nitrogens with one attached hydrogen (secondary N) is 1. The molecule has 4 aromatic rings. The second-order valence-corrected chi connectivity index (χ2v) is 7.14. The van der Waals surface area contributed by atoms with Gasteiger partial charge in [0.1, 0.15) is 11.4 Å². The number of aromatic nitrogens is 4. The van der Waals surface area contributed by atoms with Crippen LogP contribution in [0.1, 0.15) is 16.1 Å². The molecule has 3 heterocycles. The number of anilines is 1. The van der Waals surface area contributed by atoms with Crippen LogP contribution in [0, 0.1) is 0 Å². The van der Waals surface area contributed by atoms with Crippen molar-refractivity contribution in [1.82, 2.24) is 19.6 Å². The van der Waals surface area contributed by atoms with Crippen LogP contribution in [0.5, 0.6) is 11.5 Å². The molecule has 0 fully saturated rings. The van der Waals surface area contributed by atoms with E-state index in [0.717, 1.165) is 12.3 Å². The number of carbonyl (C=O) groups excluding carboxylic acids is 1. The first-order valence-corrected chi connectivity index (χ1v) is 9.70. The normalized spacial score (nSPS) is 11.5. The van der Waals surface area contributed by atoms with Gasteiger partial charge in [-0.1, -0.05) is 11.6 Å². The summed E-state index contributed by atoms with van der Waals surface area (Å²) in [5.74, 6) is 0.143. The molecule has 0 bridgehead atoms. The van der Waals surface area contributed by atoms with E-state index >= 15 is 0 Å². The smallest absolute Gasteiger partial charge is 0.433 e. The lowest BCUT2D eigenvalue weighted by Crippen LogP contribution is -2.16. The van der Waals surface area contributed by atoms with Gasteiger partial charge in [-0.15, -0.1) is 0 Å². The highest BCUT2D eigenvalue weighted by Crippen LogP contribution is 2.35. The Balaban J connectivity index is 1.84. The third kappa shape index (κ3) is 4.40. The van der Waals surface area contributed by atoms with Crippen LogP contribution in [0.15, 0.2) is 48.8 Å². The molecule has 1 amide bonds. The number of pyridine rings is 1. The quantitative estimate of drug-likeness (QED) is 0.447. The fourth-order valence-corrected chi connectivity index (χ4v) is 3.21. The van der Waals surface area contributed by atoms with Crippen molar-refractivity contribution in [1.29, 1.82) is 0 Å². The summed E-state index contributed by atoms with van der Waals surface area (Å²) in [7, 11) is 2.85. The summed E-state index contributed by atoms with van der Waals surface area (Å²) in [6, 6.07) is 8.39. The Morgan fingerprint density at radius 3 is 2.45 bits per heavy atom. The number of benzene rings is 1. The van der Waals surface area contributed by atoms with Crippen LogP contribution in [0.3, 0.4) is 0 Å². The summed E-state index contributed by atoms with van der Waals surface area (Å²) in [6.45, 7) is 0. The number of rotatable bonds is 5. The molecule has 0 radical (unpaired) electrons. The van der Waals surface area contributed by atoms with Crippen LogP contribution in [-0.4, -0.2) is 39.7 Å². The van der Waals surface area contributed by atoms with E-state index in [1.807, 2.05) is 0 Å². The molecule has 3 aromatic heterocycles. The van der Waals surface area contributed by atoms with Crippen LogP contribution in [0.2, 0.25) is 5.02 Å². The summed E-state index contributed by atoms with van der Waals surface area (Å²) in [4.78, 5) is 21.0. The minimum atomic E-state index is -4.76. The van der Waals surface area contributed by atoms with Gasteiger partial charge < -0.3 is 14.8 Å². The van der Waals surface area contributed by atoms with E-state index in [1.165, 1.54) is 44.7 Å². The zero-order chi connectivity index (χ0) is 23.8. The van der Waals surface area contributed by atoms with E-state index in [-0.39, 0.29) is 22.7 Å². The molecule has 12 heteroatoms. The maximum absolute atomic E-state index is 13.8. The molecule has 0 aliphatic heterocycles. The summed E-state index contributed by atoms with van der Waals surface area (Å²) in [6.07, 6.45) is -2.42. The van der Waals surface area contributed by atoms with Gasteiger partial charge in [-0.3, -0.25) is 4.79 Å². The SMILES string of the molecule is COc1ccc(-c2cc(C(F)(F)F)n3ncc(C(=O)Nc4ccc(Cl)cn4)c3n2)cc1OC. The highest BCUT2D eigenvalue weighted by Gasteiger charge is 2.36. The number of hydrogen-bond acceptors (Lipinski definition) is 6. The molecule has 0 spiro atoms. The number of carbonyl (C=O) groups is 1. The molecule has 0 unspecified atom stereocenters. The zero-order valence-corrected chi connectivity index (χ0v) is 17.9. The average Bonchev–Trinajstić information content (AvgIpc) is 3.22. The summed E-state index contributed by atoms with van der Waals surface area (Å²) >= 11 is 5.78. The number of halogens is 4.